The monoisotopic (exact) mass is 331 g/mol. The molecule has 0 bridgehead atoms. The van der Waals surface area contributed by atoms with Crippen molar-refractivity contribution in [2.45, 2.75) is 0 Å². The van der Waals surface area contributed by atoms with Crippen molar-refractivity contribution in [3.63, 3.8) is 0 Å². The Bertz CT molecular complexity index is 903. The molecule has 124 valence electrons. The van der Waals surface area contributed by atoms with Gasteiger partial charge in [0.05, 0.1) is 18.8 Å². The standard InChI is InChI=1S/C20H17N3O2/c21-13-16-14-22-8-7-18(16)20-6-5-19(25-20)15-1-3-17(4-2-15)23-9-11-24-12-10-23/h1-8,14H,9-12H2. The van der Waals surface area contributed by atoms with Crippen molar-refractivity contribution in [2.24, 2.45) is 0 Å². The Hall–Kier alpha value is -3.10. The molecule has 1 aliphatic rings. The number of hydrogen-bond acceptors (Lipinski definition) is 5. The molecule has 3 heterocycles. The summed E-state index contributed by atoms with van der Waals surface area (Å²) in [6, 6.07) is 16.1. The summed E-state index contributed by atoms with van der Waals surface area (Å²) in [6.07, 6.45) is 3.21. The molecule has 1 aliphatic heterocycles. The topological polar surface area (TPSA) is 62.3 Å². The highest BCUT2D eigenvalue weighted by Gasteiger charge is 2.13. The number of nitriles is 1. The van der Waals surface area contributed by atoms with Gasteiger partial charge >= 0.3 is 0 Å². The van der Waals surface area contributed by atoms with E-state index in [-0.39, 0.29) is 0 Å². The van der Waals surface area contributed by atoms with Crippen LogP contribution in [-0.2, 0) is 4.74 Å². The third kappa shape index (κ3) is 3.12. The number of aromatic nitrogens is 1. The van der Waals surface area contributed by atoms with Gasteiger partial charge in [0.25, 0.3) is 0 Å². The molecular weight excluding hydrogens is 314 g/mol. The van der Waals surface area contributed by atoms with Crippen molar-refractivity contribution in [1.29, 1.82) is 5.26 Å². The summed E-state index contributed by atoms with van der Waals surface area (Å²) in [6.45, 7) is 3.39. The second kappa shape index (κ2) is 6.80. The maximum absolute atomic E-state index is 9.21. The van der Waals surface area contributed by atoms with Crippen LogP contribution in [0.15, 0.2) is 59.3 Å². The summed E-state index contributed by atoms with van der Waals surface area (Å²) >= 11 is 0. The fourth-order valence-electron chi connectivity index (χ4n) is 2.99. The van der Waals surface area contributed by atoms with Crippen LogP contribution >= 0.6 is 0 Å². The maximum Gasteiger partial charge on any atom is 0.136 e. The van der Waals surface area contributed by atoms with E-state index in [9.17, 15) is 5.26 Å². The molecule has 3 aromatic rings. The van der Waals surface area contributed by atoms with Crippen molar-refractivity contribution in [3.8, 4) is 28.7 Å². The van der Waals surface area contributed by atoms with Crippen molar-refractivity contribution in [1.82, 2.24) is 4.98 Å². The normalized spacial score (nSPS) is 14.3. The molecule has 5 heteroatoms. The minimum atomic E-state index is 0.506. The lowest BCUT2D eigenvalue weighted by atomic mass is 10.1. The van der Waals surface area contributed by atoms with Gasteiger partial charge in [-0.05, 0) is 42.5 Å². The molecule has 0 atom stereocenters. The minimum Gasteiger partial charge on any atom is -0.456 e. The van der Waals surface area contributed by atoms with E-state index < -0.39 is 0 Å². The Labute approximate surface area is 146 Å². The fourth-order valence-corrected chi connectivity index (χ4v) is 2.99. The molecule has 0 unspecified atom stereocenters. The van der Waals surface area contributed by atoms with E-state index >= 15 is 0 Å². The molecule has 0 aliphatic carbocycles. The van der Waals surface area contributed by atoms with Gasteiger partial charge in [0.15, 0.2) is 0 Å². The van der Waals surface area contributed by atoms with Gasteiger partial charge < -0.3 is 14.1 Å². The van der Waals surface area contributed by atoms with E-state index in [1.807, 2.05) is 12.1 Å². The van der Waals surface area contributed by atoms with Crippen LogP contribution in [0, 0.1) is 11.3 Å². The van der Waals surface area contributed by atoms with Gasteiger partial charge in [-0.3, -0.25) is 4.98 Å². The Morgan fingerprint density at radius 2 is 1.72 bits per heavy atom. The number of rotatable bonds is 3. The molecule has 1 aromatic carbocycles. The molecule has 0 spiro atoms. The number of hydrogen-bond donors (Lipinski definition) is 0. The third-order valence-electron chi connectivity index (χ3n) is 4.34. The van der Waals surface area contributed by atoms with Gasteiger partial charge in [0, 0.05) is 42.3 Å². The molecule has 1 fully saturated rings. The summed E-state index contributed by atoms with van der Waals surface area (Å²) in [7, 11) is 0. The molecule has 25 heavy (non-hydrogen) atoms. The number of pyridine rings is 1. The number of morpholine rings is 1. The second-order valence-electron chi connectivity index (χ2n) is 5.84. The van der Waals surface area contributed by atoms with Gasteiger partial charge in [-0.2, -0.15) is 5.26 Å². The van der Waals surface area contributed by atoms with E-state index in [0.29, 0.717) is 11.3 Å². The summed E-state index contributed by atoms with van der Waals surface area (Å²) < 4.78 is 11.4. The van der Waals surface area contributed by atoms with Gasteiger partial charge in [-0.25, -0.2) is 0 Å². The van der Waals surface area contributed by atoms with Crippen LogP contribution in [0.25, 0.3) is 22.6 Å². The molecule has 0 N–H and O–H groups in total. The van der Waals surface area contributed by atoms with Crippen molar-refractivity contribution in [2.75, 3.05) is 31.2 Å². The lowest BCUT2D eigenvalue weighted by molar-refractivity contribution is 0.122. The minimum absolute atomic E-state index is 0.506. The Morgan fingerprint density at radius 1 is 0.960 bits per heavy atom. The first-order valence-corrected chi connectivity index (χ1v) is 8.22. The van der Waals surface area contributed by atoms with Crippen LogP contribution in [0.3, 0.4) is 0 Å². The predicted molar refractivity (Wildman–Crippen MR) is 95.1 cm³/mol. The van der Waals surface area contributed by atoms with E-state index in [1.54, 1.807) is 18.5 Å². The zero-order chi connectivity index (χ0) is 17.1. The molecule has 2 aromatic heterocycles. The first-order chi connectivity index (χ1) is 12.3. The second-order valence-corrected chi connectivity index (χ2v) is 5.84. The van der Waals surface area contributed by atoms with Crippen molar-refractivity contribution in [3.05, 3.63) is 60.4 Å². The maximum atomic E-state index is 9.21. The highest BCUT2D eigenvalue weighted by molar-refractivity contribution is 5.69. The zero-order valence-electron chi connectivity index (χ0n) is 13.7. The summed E-state index contributed by atoms with van der Waals surface area (Å²) in [5, 5.41) is 9.21. The van der Waals surface area contributed by atoms with Crippen LogP contribution in [0.4, 0.5) is 5.69 Å². The largest absolute Gasteiger partial charge is 0.456 e. The molecule has 0 amide bonds. The average molecular weight is 331 g/mol. The smallest absolute Gasteiger partial charge is 0.136 e. The predicted octanol–water partition coefficient (Wildman–Crippen LogP) is 3.72. The molecule has 4 rings (SSSR count). The number of furan rings is 1. The van der Waals surface area contributed by atoms with Crippen LogP contribution in [-0.4, -0.2) is 31.3 Å². The first-order valence-electron chi connectivity index (χ1n) is 8.22. The Morgan fingerprint density at radius 3 is 2.48 bits per heavy atom. The molecule has 0 saturated carbocycles. The third-order valence-corrected chi connectivity index (χ3v) is 4.34. The van der Waals surface area contributed by atoms with Gasteiger partial charge in [0.1, 0.15) is 17.6 Å². The van der Waals surface area contributed by atoms with Crippen LogP contribution in [0.5, 0.6) is 0 Å². The molecule has 0 radical (unpaired) electrons. The van der Waals surface area contributed by atoms with Crippen LogP contribution in [0.1, 0.15) is 5.56 Å². The highest BCUT2D eigenvalue weighted by atomic mass is 16.5. The van der Waals surface area contributed by atoms with Gasteiger partial charge in [-0.15, -0.1) is 0 Å². The van der Waals surface area contributed by atoms with E-state index in [4.69, 9.17) is 9.15 Å². The highest BCUT2D eigenvalue weighted by Crippen LogP contribution is 2.31. The molecular formula is C20H17N3O2. The van der Waals surface area contributed by atoms with Crippen LogP contribution in [0.2, 0.25) is 0 Å². The van der Waals surface area contributed by atoms with Gasteiger partial charge in [-0.1, -0.05) is 0 Å². The quantitative estimate of drug-likeness (QED) is 0.732. The number of benzene rings is 1. The SMILES string of the molecule is N#Cc1cnccc1-c1ccc(-c2ccc(N3CCOCC3)cc2)o1. The van der Waals surface area contributed by atoms with E-state index in [2.05, 4.69) is 40.2 Å². The van der Waals surface area contributed by atoms with E-state index in [1.165, 1.54) is 5.69 Å². The fraction of sp³-hybridized carbons (Fsp3) is 0.200. The zero-order valence-corrected chi connectivity index (χ0v) is 13.7. The summed E-state index contributed by atoms with van der Waals surface area (Å²) in [5.41, 5.74) is 3.47. The van der Waals surface area contributed by atoms with Crippen molar-refractivity contribution >= 4 is 5.69 Å². The molecule has 5 nitrogen and oxygen atoms in total. The lowest BCUT2D eigenvalue weighted by Crippen LogP contribution is -2.36. The number of nitrogens with zero attached hydrogens (tertiary/aromatic N) is 3. The number of anilines is 1. The summed E-state index contributed by atoms with van der Waals surface area (Å²) in [5.74, 6) is 1.45. The van der Waals surface area contributed by atoms with Crippen LogP contribution < -0.4 is 4.90 Å². The Balaban J connectivity index is 1.59. The first kappa shape index (κ1) is 15.4. The summed E-state index contributed by atoms with van der Waals surface area (Å²) in [4.78, 5) is 6.30. The Kier molecular flexibility index (Phi) is 4.19. The average Bonchev–Trinajstić information content (AvgIpc) is 3.19. The molecule has 1 saturated heterocycles. The van der Waals surface area contributed by atoms with Crippen molar-refractivity contribution < 1.29 is 9.15 Å². The van der Waals surface area contributed by atoms with Gasteiger partial charge in [0.2, 0.25) is 0 Å². The van der Waals surface area contributed by atoms with E-state index in [0.717, 1.165) is 43.2 Å². The number of ether oxygens (including phenoxy) is 1. The lowest BCUT2D eigenvalue weighted by Gasteiger charge is -2.28.